The summed E-state index contributed by atoms with van der Waals surface area (Å²) in [6.45, 7) is 3.96. The predicted molar refractivity (Wildman–Crippen MR) is 71.5 cm³/mol. The van der Waals surface area contributed by atoms with Crippen LogP contribution in [0.2, 0.25) is 0 Å². The second-order valence-electron chi connectivity index (χ2n) is 5.41. The molecule has 7 heteroatoms. The van der Waals surface area contributed by atoms with Gasteiger partial charge in [0.25, 0.3) is 0 Å². The number of sulfone groups is 1. The Morgan fingerprint density at radius 2 is 2.16 bits per heavy atom. The van der Waals surface area contributed by atoms with Crippen LogP contribution < -0.4 is 0 Å². The van der Waals surface area contributed by atoms with Crippen LogP contribution in [-0.2, 0) is 14.6 Å². The van der Waals surface area contributed by atoms with Crippen molar-refractivity contribution in [2.24, 2.45) is 0 Å². The molecule has 0 aromatic heterocycles. The molecule has 0 saturated carbocycles. The lowest BCUT2D eigenvalue weighted by Gasteiger charge is -2.28. The van der Waals surface area contributed by atoms with Crippen molar-refractivity contribution in [1.29, 1.82) is 0 Å². The fourth-order valence-electron chi connectivity index (χ4n) is 2.90. The summed E-state index contributed by atoms with van der Waals surface area (Å²) in [5, 5.41) is 9.44. The molecule has 0 aliphatic carbocycles. The summed E-state index contributed by atoms with van der Waals surface area (Å²) in [6, 6.07) is -0.171. The van der Waals surface area contributed by atoms with Gasteiger partial charge in [0.15, 0.2) is 9.84 Å². The third-order valence-corrected chi connectivity index (χ3v) is 5.67. The van der Waals surface area contributed by atoms with Crippen molar-refractivity contribution in [3.05, 3.63) is 0 Å². The molecule has 1 unspecified atom stereocenters. The zero-order valence-electron chi connectivity index (χ0n) is 11.3. The number of β-amino-alcohol motifs (C(OH)–C–C–N with tert-alkyl or cyclic N) is 1. The highest BCUT2D eigenvalue weighted by molar-refractivity contribution is 7.91. The molecule has 2 fully saturated rings. The van der Waals surface area contributed by atoms with E-state index in [-0.39, 0.29) is 36.1 Å². The molecule has 1 N–H and O–H groups in total. The average molecular weight is 290 g/mol. The van der Waals surface area contributed by atoms with Crippen LogP contribution >= 0.6 is 0 Å². The molecular weight excluding hydrogens is 268 g/mol. The minimum Gasteiger partial charge on any atom is -0.392 e. The van der Waals surface area contributed by atoms with Crippen LogP contribution in [0.25, 0.3) is 0 Å². The molecule has 0 aromatic carbocycles. The van der Waals surface area contributed by atoms with E-state index in [1.165, 1.54) is 0 Å². The summed E-state index contributed by atoms with van der Waals surface area (Å²) in [6.07, 6.45) is 0.914. The van der Waals surface area contributed by atoms with Gasteiger partial charge in [0.2, 0.25) is 5.91 Å². The van der Waals surface area contributed by atoms with Crippen molar-refractivity contribution in [3.63, 3.8) is 0 Å². The number of aliphatic hydroxyl groups excluding tert-OH is 1. The Kier molecular flexibility index (Phi) is 4.47. The van der Waals surface area contributed by atoms with Gasteiger partial charge >= 0.3 is 0 Å². The smallest absolute Gasteiger partial charge is 0.237 e. The number of hydrogen-bond acceptors (Lipinski definition) is 5. The summed E-state index contributed by atoms with van der Waals surface area (Å²) in [4.78, 5) is 15.8. The highest BCUT2D eigenvalue weighted by Crippen LogP contribution is 2.18. The van der Waals surface area contributed by atoms with E-state index in [0.717, 1.165) is 6.54 Å². The third kappa shape index (κ3) is 3.67. The second kappa shape index (κ2) is 5.76. The van der Waals surface area contributed by atoms with Crippen molar-refractivity contribution in [3.8, 4) is 0 Å². The maximum atomic E-state index is 12.2. The fraction of sp³-hybridized carbons (Fsp3) is 0.917. The van der Waals surface area contributed by atoms with Gasteiger partial charge < -0.3 is 10.0 Å². The fourth-order valence-corrected chi connectivity index (χ4v) is 4.63. The van der Waals surface area contributed by atoms with Crippen molar-refractivity contribution in [2.75, 3.05) is 37.7 Å². The minimum atomic E-state index is -2.97. The SMILES string of the molecule is CCN(C(=O)CN1CC[C@@H](O)C1)C1CCS(=O)(=O)C1. The number of rotatable bonds is 4. The Balaban J connectivity index is 1.92. The molecule has 2 aliphatic rings. The molecule has 19 heavy (non-hydrogen) atoms. The Morgan fingerprint density at radius 3 is 2.63 bits per heavy atom. The topological polar surface area (TPSA) is 77.9 Å². The van der Waals surface area contributed by atoms with Gasteiger partial charge in [0, 0.05) is 25.7 Å². The first-order chi connectivity index (χ1) is 8.91. The van der Waals surface area contributed by atoms with Gasteiger partial charge in [-0.25, -0.2) is 8.42 Å². The monoisotopic (exact) mass is 290 g/mol. The average Bonchev–Trinajstić information content (AvgIpc) is 2.86. The van der Waals surface area contributed by atoms with Gasteiger partial charge in [-0.1, -0.05) is 0 Å². The number of likely N-dealkylation sites (tertiary alicyclic amines) is 1. The van der Waals surface area contributed by atoms with Gasteiger partial charge in [-0.15, -0.1) is 0 Å². The quantitative estimate of drug-likeness (QED) is 0.725. The number of nitrogens with zero attached hydrogens (tertiary/aromatic N) is 2. The van der Waals surface area contributed by atoms with Crippen LogP contribution in [-0.4, -0.2) is 79.1 Å². The van der Waals surface area contributed by atoms with E-state index < -0.39 is 9.84 Å². The van der Waals surface area contributed by atoms with Crippen LogP contribution in [0.3, 0.4) is 0 Å². The maximum absolute atomic E-state index is 12.2. The normalized spacial score (nSPS) is 30.6. The molecular formula is C12H22N2O4S. The largest absolute Gasteiger partial charge is 0.392 e. The number of aliphatic hydroxyl groups is 1. The number of hydrogen-bond donors (Lipinski definition) is 1. The number of likely N-dealkylation sites (N-methyl/N-ethyl adjacent to an activating group) is 1. The van der Waals surface area contributed by atoms with E-state index in [0.29, 0.717) is 25.9 Å². The molecule has 2 rings (SSSR count). The Labute approximate surface area is 114 Å². The molecule has 1 amide bonds. The molecule has 0 radical (unpaired) electrons. The first kappa shape index (κ1) is 14.7. The van der Waals surface area contributed by atoms with Crippen LogP contribution in [0.4, 0.5) is 0 Å². The summed E-state index contributed by atoms with van der Waals surface area (Å²) in [5.74, 6) is 0.248. The van der Waals surface area contributed by atoms with E-state index in [9.17, 15) is 18.3 Å². The van der Waals surface area contributed by atoms with Crippen molar-refractivity contribution < 1.29 is 18.3 Å². The molecule has 0 spiro atoms. The number of carbonyl (C=O) groups is 1. The lowest BCUT2D eigenvalue weighted by Crippen LogP contribution is -2.45. The summed E-state index contributed by atoms with van der Waals surface area (Å²) in [7, 11) is -2.97. The molecule has 2 atom stereocenters. The van der Waals surface area contributed by atoms with E-state index in [1.807, 2.05) is 11.8 Å². The molecule has 0 bridgehead atoms. The predicted octanol–water partition coefficient (Wildman–Crippen LogP) is -0.911. The van der Waals surface area contributed by atoms with E-state index >= 15 is 0 Å². The maximum Gasteiger partial charge on any atom is 0.237 e. The zero-order valence-corrected chi connectivity index (χ0v) is 12.1. The van der Waals surface area contributed by atoms with Crippen LogP contribution in [0.15, 0.2) is 0 Å². The highest BCUT2D eigenvalue weighted by Gasteiger charge is 2.34. The molecule has 6 nitrogen and oxygen atoms in total. The van der Waals surface area contributed by atoms with Crippen LogP contribution in [0.1, 0.15) is 19.8 Å². The lowest BCUT2D eigenvalue weighted by molar-refractivity contribution is -0.133. The standard InChI is InChI=1S/C12H22N2O4S/c1-2-14(10-4-6-19(17,18)9-10)12(16)8-13-5-3-11(15)7-13/h10-11,15H,2-9H2,1H3/t10?,11-/m1/s1. The highest BCUT2D eigenvalue weighted by atomic mass is 32.2. The Morgan fingerprint density at radius 1 is 1.42 bits per heavy atom. The first-order valence-corrected chi connectivity index (χ1v) is 8.63. The molecule has 2 saturated heterocycles. The second-order valence-corrected chi connectivity index (χ2v) is 7.64. The van der Waals surface area contributed by atoms with Gasteiger partial charge in [-0.3, -0.25) is 9.69 Å². The van der Waals surface area contributed by atoms with Gasteiger partial charge in [-0.2, -0.15) is 0 Å². The van der Waals surface area contributed by atoms with Gasteiger partial charge in [-0.05, 0) is 19.8 Å². The summed E-state index contributed by atoms with van der Waals surface area (Å²) in [5.41, 5.74) is 0. The molecule has 110 valence electrons. The van der Waals surface area contributed by atoms with E-state index in [1.54, 1.807) is 4.90 Å². The van der Waals surface area contributed by atoms with Crippen molar-refractivity contribution in [1.82, 2.24) is 9.80 Å². The first-order valence-electron chi connectivity index (χ1n) is 6.81. The van der Waals surface area contributed by atoms with Gasteiger partial charge in [0.05, 0.1) is 24.2 Å². The van der Waals surface area contributed by atoms with Crippen LogP contribution in [0.5, 0.6) is 0 Å². The Hall–Kier alpha value is -0.660. The van der Waals surface area contributed by atoms with Crippen molar-refractivity contribution in [2.45, 2.75) is 31.9 Å². The lowest BCUT2D eigenvalue weighted by atomic mass is 10.2. The van der Waals surface area contributed by atoms with E-state index in [4.69, 9.17) is 0 Å². The minimum absolute atomic E-state index is 0.0290. The van der Waals surface area contributed by atoms with Crippen LogP contribution in [0, 0.1) is 0 Å². The number of carbonyl (C=O) groups excluding carboxylic acids is 1. The molecule has 2 heterocycles. The zero-order chi connectivity index (χ0) is 14.0. The molecule has 2 aliphatic heterocycles. The molecule has 0 aromatic rings. The van der Waals surface area contributed by atoms with E-state index in [2.05, 4.69) is 0 Å². The summed E-state index contributed by atoms with van der Waals surface area (Å²) < 4.78 is 23.0. The van der Waals surface area contributed by atoms with Crippen molar-refractivity contribution >= 4 is 15.7 Å². The number of amides is 1. The summed E-state index contributed by atoms with van der Waals surface area (Å²) >= 11 is 0. The third-order valence-electron chi connectivity index (χ3n) is 3.92. The Bertz CT molecular complexity index is 437. The van der Waals surface area contributed by atoms with Gasteiger partial charge in [0.1, 0.15) is 0 Å².